The van der Waals surface area contributed by atoms with Gasteiger partial charge < -0.3 is 23.8 Å². The molecule has 0 amide bonds. The Labute approximate surface area is 257 Å². The summed E-state index contributed by atoms with van der Waals surface area (Å²) >= 11 is 3.54. The molecule has 6 nitrogen and oxygen atoms in total. The van der Waals surface area contributed by atoms with Crippen LogP contribution < -0.4 is 14.2 Å². The van der Waals surface area contributed by atoms with Gasteiger partial charge in [-0.2, -0.15) is 0 Å². The van der Waals surface area contributed by atoms with E-state index in [9.17, 15) is 0 Å². The molecule has 0 saturated carbocycles. The van der Waals surface area contributed by atoms with Gasteiger partial charge in [0.25, 0.3) is 0 Å². The van der Waals surface area contributed by atoms with E-state index in [1.54, 1.807) is 14.2 Å². The molecule has 42 heavy (non-hydrogen) atoms. The van der Waals surface area contributed by atoms with Crippen molar-refractivity contribution in [3.63, 3.8) is 0 Å². The number of ether oxygens (including phenoxy) is 4. The smallest absolute Gasteiger partial charge is 0.143 e. The van der Waals surface area contributed by atoms with Crippen LogP contribution in [0.5, 0.6) is 17.2 Å². The normalized spacial score (nSPS) is 15.2. The predicted octanol–water partition coefficient (Wildman–Crippen LogP) is 6.47. The molecule has 4 aromatic rings. The van der Waals surface area contributed by atoms with Crippen LogP contribution in [-0.2, 0) is 10.3 Å². The number of likely N-dealkylation sites (N-methyl/N-ethyl adjacent to an activating group) is 1. The summed E-state index contributed by atoms with van der Waals surface area (Å²) in [5.41, 5.74) is 2.13. The number of piperazine rings is 1. The molecule has 1 atom stereocenters. The zero-order valence-electron chi connectivity index (χ0n) is 24.5. The molecule has 0 radical (unpaired) electrons. The lowest BCUT2D eigenvalue weighted by atomic mass is 9.80. The van der Waals surface area contributed by atoms with Crippen LogP contribution in [0, 0.1) is 0 Å². The first-order valence-electron chi connectivity index (χ1n) is 14.3. The molecule has 4 aromatic carbocycles. The fourth-order valence-electron chi connectivity index (χ4n) is 5.44. The lowest BCUT2D eigenvalue weighted by Crippen LogP contribution is -2.49. The van der Waals surface area contributed by atoms with Gasteiger partial charge in [-0.25, -0.2) is 0 Å². The molecule has 1 aliphatic rings. The standard InChI is InChI=1S/C35H39BrN2O4/c1-37-21-23-38(24-22-37)25-34(42-33-19-13-30(36)14-20-33)26-41-35(27-7-5-4-6-8-27,28-9-15-31(39-2)16-10-28)29-11-17-32(40-3)18-12-29/h4-20,34H,21-26H2,1-3H3. The van der Waals surface area contributed by atoms with Gasteiger partial charge >= 0.3 is 0 Å². The second-order valence-electron chi connectivity index (χ2n) is 10.6. The Kier molecular flexibility index (Phi) is 10.2. The third kappa shape index (κ3) is 7.16. The highest BCUT2D eigenvalue weighted by Gasteiger charge is 2.39. The first-order valence-corrected chi connectivity index (χ1v) is 15.1. The van der Waals surface area contributed by atoms with Crippen molar-refractivity contribution < 1.29 is 18.9 Å². The van der Waals surface area contributed by atoms with Gasteiger partial charge in [0.1, 0.15) is 29.0 Å². The first kappa shape index (κ1) is 30.1. The lowest BCUT2D eigenvalue weighted by molar-refractivity contribution is -0.0410. The maximum absolute atomic E-state index is 7.20. The Morgan fingerprint density at radius 1 is 0.667 bits per heavy atom. The molecule has 1 aliphatic heterocycles. The van der Waals surface area contributed by atoms with Crippen molar-refractivity contribution in [3.05, 3.63) is 124 Å². The minimum absolute atomic E-state index is 0.200. The molecule has 0 aliphatic carbocycles. The van der Waals surface area contributed by atoms with E-state index >= 15 is 0 Å². The Morgan fingerprint density at radius 2 is 1.17 bits per heavy atom. The minimum atomic E-state index is -0.900. The molecule has 0 spiro atoms. The molecule has 1 heterocycles. The van der Waals surface area contributed by atoms with Gasteiger partial charge in [0.15, 0.2) is 0 Å². The fourth-order valence-corrected chi connectivity index (χ4v) is 5.70. The fraction of sp³-hybridized carbons (Fsp3) is 0.314. The van der Waals surface area contributed by atoms with Crippen LogP contribution in [0.15, 0.2) is 108 Å². The highest BCUT2D eigenvalue weighted by molar-refractivity contribution is 9.10. The SMILES string of the molecule is COc1ccc(C(OCC(CN2CCN(C)CC2)Oc2ccc(Br)cc2)(c2ccccc2)c2ccc(OC)cc2)cc1. The second kappa shape index (κ2) is 14.2. The molecule has 5 rings (SSSR count). The maximum Gasteiger partial charge on any atom is 0.143 e. The molecule has 220 valence electrons. The third-order valence-corrected chi connectivity index (χ3v) is 8.36. The third-order valence-electron chi connectivity index (χ3n) is 7.83. The Bertz CT molecular complexity index is 1330. The zero-order chi connectivity index (χ0) is 29.4. The van der Waals surface area contributed by atoms with Gasteiger partial charge in [-0.1, -0.05) is 70.5 Å². The quantitative estimate of drug-likeness (QED) is 0.167. The van der Waals surface area contributed by atoms with Crippen molar-refractivity contribution in [2.75, 3.05) is 60.6 Å². The maximum atomic E-state index is 7.20. The van der Waals surface area contributed by atoms with Crippen molar-refractivity contribution in [1.29, 1.82) is 0 Å². The van der Waals surface area contributed by atoms with Gasteiger partial charge in [0.05, 0.1) is 20.8 Å². The largest absolute Gasteiger partial charge is 0.497 e. The lowest BCUT2D eigenvalue weighted by Gasteiger charge is -2.39. The second-order valence-corrected chi connectivity index (χ2v) is 11.5. The van der Waals surface area contributed by atoms with Crippen LogP contribution >= 0.6 is 15.9 Å². The highest BCUT2D eigenvalue weighted by atomic mass is 79.9. The van der Waals surface area contributed by atoms with E-state index in [1.165, 1.54) is 0 Å². The summed E-state index contributed by atoms with van der Waals surface area (Å²) in [4.78, 5) is 4.84. The van der Waals surface area contributed by atoms with Crippen LogP contribution in [0.2, 0.25) is 0 Å². The predicted molar refractivity (Wildman–Crippen MR) is 171 cm³/mol. The van der Waals surface area contributed by atoms with Crippen LogP contribution in [-0.4, -0.2) is 76.5 Å². The number of rotatable bonds is 12. The summed E-state index contributed by atoms with van der Waals surface area (Å²) in [5.74, 6) is 2.41. The number of hydrogen-bond acceptors (Lipinski definition) is 6. The summed E-state index contributed by atoms with van der Waals surface area (Å²) in [7, 11) is 5.54. The molecule has 7 heteroatoms. The van der Waals surface area contributed by atoms with E-state index in [0.29, 0.717) is 6.61 Å². The van der Waals surface area contributed by atoms with E-state index in [2.05, 4.69) is 81.3 Å². The van der Waals surface area contributed by atoms with Crippen molar-refractivity contribution in [2.45, 2.75) is 11.7 Å². The Balaban J connectivity index is 1.54. The molecule has 1 fully saturated rings. The number of halogens is 1. The summed E-state index contributed by atoms with van der Waals surface area (Å²) < 4.78 is 25.9. The summed E-state index contributed by atoms with van der Waals surface area (Å²) in [6.45, 7) is 5.21. The molecule has 0 aromatic heterocycles. The average Bonchev–Trinajstić information content (AvgIpc) is 3.04. The highest BCUT2D eigenvalue weighted by Crippen LogP contribution is 2.42. The van der Waals surface area contributed by atoms with Crippen LogP contribution in [0.1, 0.15) is 16.7 Å². The summed E-state index contributed by atoms with van der Waals surface area (Å²) in [6.07, 6.45) is -0.200. The number of hydrogen-bond donors (Lipinski definition) is 0. The number of benzene rings is 4. The van der Waals surface area contributed by atoms with Gasteiger partial charge in [0.2, 0.25) is 0 Å². The Morgan fingerprint density at radius 3 is 1.69 bits per heavy atom. The van der Waals surface area contributed by atoms with E-state index in [1.807, 2.05) is 54.6 Å². The van der Waals surface area contributed by atoms with Gasteiger partial charge in [-0.05, 0) is 72.3 Å². The summed E-state index contributed by atoms with van der Waals surface area (Å²) in [5, 5.41) is 0. The minimum Gasteiger partial charge on any atom is -0.497 e. The van der Waals surface area contributed by atoms with E-state index in [-0.39, 0.29) is 6.10 Å². The van der Waals surface area contributed by atoms with Crippen LogP contribution in [0.3, 0.4) is 0 Å². The van der Waals surface area contributed by atoms with E-state index in [0.717, 1.165) is 71.1 Å². The van der Waals surface area contributed by atoms with Crippen molar-refractivity contribution in [1.82, 2.24) is 9.80 Å². The topological polar surface area (TPSA) is 43.4 Å². The molecule has 0 N–H and O–H groups in total. The molecule has 1 unspecified atom stereocenters. The molecule has 1 saturated heterocycles. The molecular weight excluding hydrogens is 592 g/mol. The van der Waals surface area contributed by atoms with Gasteiger partial charge in [-0.15, -0.1) is 0 Å². The number of nitrogens with zero attached hydrogens (tertiary/aromatic N) is 2. The Hall–Kier alpha value is -3.36. The zero-order valence-corrected chi connectivity index (χ0v) is 26.1. The monoisotopic (exact) mass is 630 g/mol. The average molecular weight is 632 g/mol. The van der Waals surface area contributed by atoms with Crippen LogP contribution in [0.4, 0.5) is 0 Å². The van der Waals surface area contributed by atoms with Gasteiger partial charge in [-0.3, -0.25) is 4.90 Å². The molecular formula is C35H39BrN2O4. The van der Waals surface area contributed by atoms with E-state index in [4.69, 9.17) is 18.9 Å². The number of methoxy groups -OCH3 is 2. The van der Waals surface area contributed by atoms with Crippen molar-refractivity contribution in [3.8, 4) is 17.2 Å². The summed E-state index contributed by atoms with van der Waals surface area (Å²) in [6, 6.07) is 34.7. The first-order chi connectivity index (χ1) is 20.5. The molecule has 0 bridgehead atoms. The van der Waals surface area contributed by atoms with Gasteiger partial charge in [0, 0.05) is 37.2 Å². The van der Waals surface area contributed by atoms with Crippen molar-refractivity contribution >= 4 is 15.9 Å². The van der Waals surface area contributed by atoms with Crippen molar-refractivity contribution in [2.24, 2.45) is 0 Å². The van der Waals surface area contributed by atoms with Crippen LogP contribution in [0.25, 0.3) is 0 Å². The van der Waals surface area contributed by atoms with E-state index < -0.39 is 5.60 Å².